The van der Waals surface area contributed by atoms with E-state index in [1.54, 1.807) is 25.3 Å². The Bertz CT molecular complexity index is 1280. The summed E-state index contributed by atoms with van der Waals surface area (Å²) in [6.07, 6.45) is 7.61. The fraction of sp³-hybridized carbons (Fsp3) is 0.360. The summed E-state index contributed by atoms with van der Waals surface area (Å²) >= 11 is 6.33. The molecule has 1 saturated carbocycles. The van der Waals surface area contributed by atoms with E-state index in [-0.39, 0.29) is 9.92 Å². The van der Waals surface area contributed by atoms with Crippen LogP contribution in [-0.4, -0.2) is 37.6 Å². The van der Waals surface area contributed by atoms with Crippen LogP contribution >= 0.6 is 11.6 Å². The van der Waals surface area contributed by atoms with Gasteiger partial charge in [-0.1, -0.05) is 35.9 Å². The first kappa shape index (κ1) is 25.4. The van der Waals surface area contributed by atoms with Crippen LogP contribution in [0.15, 0.2) is 53.6 Å². The smallest absolute Gasteiger partial charge is 0.239 e. The molecule has 0 bridgehead atoms. The van der Waals surface area contributed by atoms with Gasteiger partial charge in [0.05, 0.1) is 17.8 Å². The molecule has 0 unspecified atom stereocenters. The molecule has 0 radical (unpaired) electrons. The molecule has 1 aliphatic rings. The third-order valence-corrected chi connectivity index (χ3v) is 7.78. The number of ether oxygens (including phenoxy) is 1. The maximum Gasteiger partial charge on any atom is 0.239 e. The van der Waals surface area contributed by atoms with Gasteiger partial charge in [-0.15, -0.1) is 0 Å². The maximum atomic E-state index is 11.8. The Morgan fingerprint density at radius 2 is 1.86 bits per heavy atom. The SMILES string of the molecule is COc1nc(-c2cccc(S(N)(=O)=O)c2Cl)ccc1CCc1ccc(NC2CCC(N)CC2)nc1. The van der Waals surface area contributed by atoms with E-state index in [1.807, 2.05) is 18.3 Å². The predicted molar refractivity (Wildman–Crippen MR) is 138 cm³/mol. The maximum absolute atomic E-state index is 11.8. The number of pyridine rings is 2. The van der Waals surface area contributed by atoms with E-state index >= 15 is 0 Å². The van der Waals surface area contributed by atoms with Crippen molar-refractivity contribution in [3.05, 3.63) is 64.8 Å². The summed E-state index contributed by atoms with van der Waals surface area (Å²) in [5, 5.41) is 8.81. The lowest BCUT2D eigenvalue weighted by atomic mass is 9.92. The molecule has 5 N–H and O–H groups in total. The second kappa shape index (κ2) is 10.9. The summed E-state index contributed by atoms with van der Waals surface area (Å²) in [5.74, 6) is 1.35. The van der Waals surface area contributed by atoms with Crippen molar-refractivity contribution >= 4 is 27.4 Å². The Kier molecular flexibility index (Phi) is 7.91. The minimum atomic E-state index is -3.95. The van der Waals surface area contributed by atoms with E-state index in [4.69, 9.17) is 27.2 Å². The lowest BCUT2D eigenvalue weighted by Crippen LogP contribution is -2.32. The summed E-state index contributed by atoms with van der Waals surface area (Å²) in [4.78, 5) is 9.00. The van der Waals surface area contributed by atoms with Crippen LogP contribution in [0.1, 0.15) is 36.8 Å². The normalized spacial score (nSPS) is 18.3. The zero-order chi connectivity index (χ0) is 25.0. The highest BCUT2D eigenvalue weighted by Gasteiger charge is 2.19. The number of rotatable bonds is 8. The number of sulfonamides is 1. The molecule has 2 heterocycles. The number of hydrogen-bond donors (Lipinski definition) is 3. The second-order valence-electron chi connectivity index (χ2n) is 8.84. The minimum absolute atomic E-state index is 0.0353. The number of hydrogen-bond acceptors (Lipinski definition) is 7. The number of aryl methyl sites for hydroxylation is 2. The first-order valence-corrected chi connectivity index (χ1v) is 13.5. The number of nitrogens with one attached hydrogen (secondary N) is 1. The number of anilines is 1. The Labute approximate surface area is 211 Å². The van der Waals surface area contributed by atoms with Gasteiger partial charge in [-0.3, -0.25) is 0 Å². The van der Waals surface area contributed by atoms with Gasteiger partial charge in [0.2, 0.25) is 15.9 Å². The molecule has 10 heteroatoms. The molecule has 1 aliphatic carbocycles. The highest BCUT2D eigenvalue weighted by molar-refractivity contribution is 7.89. The average molecular weight is 516 g/mol. The van der Waals surface area contributed by atoms with Crippen molar-refractivity contribution in [3.8, 4) is 17.1 Å². The number of nitrogens with two attached hydrogens (primary N) is 2. The molecular formula is C25H30ClN5O3S. The fourth-order valence-electron chi connectivity index (χ4n) is 4.32. The topological polar surface area (TPSA) is 133 Å². The molecule has 186 valence electrons. The first-order chi connectivity index (χ1) is 16.7. The van der Waals surface area contributed by atoms with Crippen molar-refractivity contribution in [3.63, 3.8) is 0 Å². The van der Waals surface area contributed by atoms with Crippen LogP contribution in [0, 0.1) is 0 Å². The van der Waals surface area contributed by atoms with Crippen molar-refractivity contribution in [2.24, 2.45) is 10.9 Å². The highest BCUT2D eigenvalue weighted by Crippen LogP contribution is 2.33. The van der Waals surface area contributed by atoms with E-state index in [2.05, 4.69) is 21.4 Å². The first-order valence-electron chi connectivity index (χ1n) is 11.6. The van der Waals surface area contributed by atoms with Crippen LogP contribution in [0.3, 0.4) is 0 Å². The Hall–Kier alpha value is -2.72. The number of primary sulfonamides is 1. The summed E-state index contributed by atoms with van der Waals surface area (Å²) in [5.41, 5.74) is 8.99. The Morgan fingerprint density at radius 3 is 2.51 bits per heavy atom. The molecule has 1 fully saturated rings. The monoisotopic (exact) mass is 515 g/mol. The van der Waals surface area contributed by atoms with Crippen LogP contribution in [-0.2, 0) is 22.9 Å². The van der Waals surface area contributed by atoms with Crippen molar-refractivity contribution in [2.45, 2.75) is 55.5 Å². The van der Waals surface area contributed by atoms with Crippen LogP contribution < -0.4 is 20.9 Å². The van der Waals surface area contributed by atoms with Crippen LogP contribution in [0.5, 0.6) is 5.88 Å². The van der Waals surface area contributed by atoms with Gasteiger partial charge in [-0.2, -0.15) is 0 Å². The largest absolute Gasteiger partial charge is 0.481 e. The van der Waals surface area contributed by atoms with E-state index in [0.29, 0.717) is 35.6 Å². The molecule has 35 heavy (non-hydrogen) atoms. The standard InChI is InChI=1S/C25H30ClN5O3S/c1-34-25-17(8-13-21(31-25)20-3-2-4-22(24(20)26)35(28,32)33)7-5-16-6-14-23(29-15-16)30-19-11-9-18(27)10-12-19/h2-4,6,8,13-15,18-19H,5,7,9-12,27H2,1H3,(H,29,30)(H2,28,32,33). The number of methoxy groups -OCH3 is 1. The van der Waals surface area contributed by atoms with Crippen molar-refractivity contribution in [1.82, 2.24) is 9.97 Å². The van der Waals surface area contributed by atoms with E-state index in [9.17, 15) is 8.42 Å². The molecule has 3 aromatic rings. The lowest BCUT2D eigenvalue weighted by Gasteiger charge is -2.27. The van der Waals surface area contributed by atoms with Crippen LogP contribution in [0.2, 0.25) is 5.02 Å². The van der Waals surface area contributed by atoms with Crippen molar-refractivity contribution < 1.29 is 13.2 Å². The molecule has 0 amide bonds. The van der Waals surface area contributed by atoms with Crippen molar-refractivity contribution in [2.75, 3.05) is 12.4 Å². The fourth-order valence-corrected chi connectivity index (χ4v) is 5.50. The van der Waals surface area contributed by atoms with Crippen LogP contribution in [0.4, 0.5) is 5.82 Å². The van der Waals surface area contributed by atoms with Gasteiger partial charge < -0.3 is 15.8 Å². The summed E-state index contributed by atoms with van der Waals surface area (Å²) in [7, 11) is -2.39. The third-order valence-electron chi connectivity index (χ3n) is 6.31. The number of nitrogens with zero attached hydrogens (tertiary/aromatic N) is 2. The van der Waals surface area contributed by atoms with Gasteiger partial charge in [0.1, 0.15) is 10.7 Å². The molecule has 2 aromatic heterocycles. The number of benzene rings is 1. The lowest BCUT2D eigenvalue weighted by molar-refractivity contribution is 0.393. The molecule has 4 rings (SSSR count). The van der Waals surface area contributed by atoms with E-state index in [0.717, 1.165) is 49.0 Å². The Morgan fingerprint density at radius 1 is 1.09 bits per heavy atom. The van der Waals surface area contributed by atoms with Gasteiger partial charge in [0.15, 0.2) is 0 Å². The molecule has 0 spiro atoms. The zero-order valence-electron chi connectivity index (χ0n) is 19.6. The molecule has 1 aromatic carbocycles. The van der Waals surface area contributed by atoms with Gasteiger partial charge in [0.25, 0.3) is 0 Å². The van der Waals surface area contributed by atoms with Gasteiger partial charge in [-0.05, 0) is 62.3 Å². The number of halogens is 1. The van der Waals surface area contributed by atoms with Gasteiger partial charge in [0, 0.05) is 29.4 Å². The second-order valence-corrected chi connectivity index (χ2v) is 10.7. The zero-order valence-corrected chi connectivity index (χ0v) is 21.1. The molecular weight excluding hydrogens is 486 g/mol. The van der Waals surface area contributed by atoms with Gasteiger partial charge in [-0.25, -0.2) is 23.5 Å². The predicted octanol–water partition coefficient (Wildman–Crippen LogP) is 3.92. The number of aromatic nitrogens is 2. The van der Waals surface area contributed by atoms with Crippen molar-refractivity contribution in [1.29, 1.82) is 0 Å². The third kappa shape index (κ3) is 6.29. The molecule has 8 nitrogen and oxygen atoms in total. The minimum Gasteiger partial charge on any atom is -0.481 e. The highest BCUT2D eigenvalue weighted by atomic mass is 35.5. The summed E-state index contributed by atoms with van der Waals surface area (Å²) in [6.45, 7) is 0. The molecule has 0 atom stereocenters. The van der Waals surface area contributed by atoms with E-state index in [1.165, 1.54) is 6.07 Å². The van der Waals surface area contributed by atoms with Gasteiger partial charge >= 0.3 is 0 Å². The van der Waals surface area contributed by atoms with Crippen LogP contribution in [0.25, 0.3) is 11.3 Å². The molecule has 0 aliphatic heterocycles. The van der Waals surface area contributed by atoms with E-state index < -0.39 is 10.0 Å². The Balaban J connectivity index is 1.43. The molecule has 0 saturated heterocycles. The average Bonchev–Trinajstić information content (AvgIpc) is 2.84. The summed E-state index contributed by atoms with van der Waals surface area (Å²) in [6, 6.07) is 13.2. The summed E-state index contributed by atoms with van der Waals surface area (Å²) < 4.78 is 29.1. The quantitative estimate of drug-likeness (QED) is 0.414.